The molecule has 1 aliphatic carbocycles. The molecular formula is C27H29ClFN3O2S. The highest BCUT2D eigenvalue weighted by Gasteiger charge is 2.29. The summed E-state index contributed by atoms with van der Waals surface area (Å²) in [4.78, 5) is 31.4. The van der Waals surface area contributed by atoms with Crippen LogP contribution < -0.4 is 5.32 Å². The van der Waals surface area contributed by atoms with Gasteiger partial charge in [-0.2, -0.15) is 0 Å². The summed E-state index contributed by atoms with van der Waals surface area (Å²) < 4.78 is 13.4. The molecule has 8 heteroatoms. The molecule has 5 nitrogen and oxygen atoms in total. The topological polar surface area (TPSA) is 52.7 Å². The number of benzene rings is 2. The molecule has 0 atom stereocenters. The van der Waals surface area contributed by atoms with E-state index in [0.717, 1.165) is 42.5 Å². The van der Waals surface area contributed by atoms with Gasteiger partial charge in [0.1, 0.15) is 12.4 Å². The molecule has 4 rings (SSSR count). The fourth-order valence-corrected chi connectivity index (χ4v) is 5.31. The number of nitrogens with zero attached hydrogens (tertiary/aromatic N) is 2. The molecule has 184 valence electrons. The SMILES string of the molecule is O=C(CN(C(=O)Nc1cccc(Cl)c1)C1CCCCC1)N(Cc1ccc(F)cc1)Cc1cccs1. The molecule has 1 heterocycles. The van der Waals surface area contributed by atoms with Crippen LogP contribution in [0.3, 0.4) is 0 Å². The Kier molecular flexibility index (Phi) is 8.77. The number of urea groups is 1. The van der Waals surface area contributed by atoms with E-state index in [-0.39, 0.29) is 30.3 Å². The predicted molar refractivity (Wildman–Crippen MR) is 139 cm³/mol. The highest BCUT2D eigenvalue weighted by atomic mass is 35.5. The van der Waals surface area contributed by atoms with Crippen molar-refractivity contribution in [3.8, 4) is 0 Å². The summed E-state index contributed by atoms with van der Waals surface area (Å²) >= 11 is 7.67. The molecule has 1 fully saturated rings. The summed E-state index contributed by atoms with van der Waals surface area (Å²) in [7, 11) is 0. The first-order valence-electron chi connectivity index (χ1n) is 11.9. The van der Waals surface area contributed by atoms with E-state index in [2.05, 4.69) is 5.32 Å². The number of amides is 3. The van der Waals surface area contributed by atoms with Gasteiger partial charge in [0.05, 0.1) is 6.54 Å². The molecule has 0 unspecified atom stereocenters. The number of rotatable bonds is 8. The van der Waals surface area contributed by atoms with Crippen molar-refractivity contribution in [3.05, 3.63) is 87.3 Å². The molecule has 0 bridgehead atoms. The summed E-state index contributed by atoms with van der Waals surface area (Å²) in [6, 6.07) is 16.8. The zero-order chi connectivity index (χ0) is 24.6. The van der Waals surface area contributed by atoms with E-state index in [9.17, 15) is 14.0 Å². The fraction of sp³-hybridized carbons (Fsp3) is 0.333. The van der Waals surface area contributed by atoms with Crippen molar-refractivity contribution in [1.82, 2.24) is 9.80 Å². The summed E-state index contributed by atoms with van der Waals surface area (Å²) in [6.45, 7) is 0.747. The van der Waals surface area contributed by atoms with Crippen molar-refractivity contribution >= 4 is 40.6 Å². The van der Waals surface area contributed by atoms with Gasteiger partial charge in [0.2, 0.25) is 5.91 Å². The Balaban J connectivity index is 1.53. The van der Waals surface area contributed by atoms with Gasteiger partial charge in [-0.3, -0.25) is 4.79 Å². The van der Waals surface area contributed by atoms with E-state index >= 15 is 0 Å². The summed E-state index contributed by atoms with van der Waals surface area (Å²) in [5.41, 5.74) is 1.43. The molecule has 1 aliphatic rings. The van der Waals surface area contributed by atoms with Crippen molar-refractivity contribution in [2.75, 3.05) is 11.9 Å². The predicted octanol–water partition coefficient (Wildman–Crippen LogP) is 6.94. The van der Waals surface area contributed by atoms with Crippen LogP contribution in [0.2, 0.25) is 5.02 Å². The minimum Gasteiger partial charge on any atom is -0.332 e. The third-order valence-electron chi connectivity index (χ3n) is 6.22. The van der Waals surface area contributed by atoms with Crippen molar-refractivity contribution in [2.24, 2.45) is 0 Å². The molecule has 35 heavy (non-hydrogen) atoms. The van der Waals surface area contributed by atoms with Crippen LogP contribution >= 0.6 is 22.9 Å². The van der Waals surface area contributed by atoms with Gasteiger partial charge in [-0.15, -0.1) is 11.3 Å². The van der Waals surface area contributed by atoms with Crippen LogP contribution in [0.5, 0.6) is 0 Å². The molecule has 0 spiro atoms. The van der Waals surface area contributed by atoms with Crippen LogP contribution in [0, 0.1) is 5.82 Å². The van der Waals surface area contributed by atoms with Gasteiger partial charge in [0.25, 0.3) is 0 Å². The van der Waals surface area contributed by atoms with Crippen LogP contribution in [0.1, 0.15) is 42.5 Å². The van der Waals surface area contributed by atoms with E-state index < -0.39 is 0 Å². The number of carbonyl (C=O) groups is 2. The van der Waals surface area contributed by atoms with E-state index in [4.69, 9.17) is 11.6 Å². The Morgan fingerprint density at radius 2 is 1.77 bits per heavy atom. The fourth-order valence-electron chi connectivity index (χ4n) is 4.40. The molecule has 2 aromatic carbocycles. The molecule has 1 saturated carbocycles. The lowest BCUT2D eigenvalue weighted by Crippen LogP contribution is -2.49. The normalized spacial score (nSPS) is 13.9. The number of nitrogens with one attached hydrogen (secondary N) is 1. The molecule has 1 N–H and O–H groups in total. The molecule has 0 saturated heterocycles. The average molecular weight is 514 g/mol. The van der Waals surface area contributed by atoms with Gasteiger partial charge < -0.3 is 15.1 Å². The van der Waals surface area contributed by atoms with E-state index in [1.807, 2.05) is 17.5 Å². The van der Waals surface area contributed by atoms with Crippen molar-refractivity contribution in [1.29, 1.82) is 0 Å². The standard InChI is InChI=1S/C27H29ClFN3O2S/c28-21-6-4-7-23(16-21)30-27(34)32(24-8-2-1-3-9-24)19-26(33)31(18-25-10-5-15-35-25)17-20-11-13-22(29)14-12-20/h4-7,10-16,24H,1-3,8-9,17-19H2,(H,30,34). The van der Waals surface area contributed by atoms with Gasteiger partial charge >= 0.3 is 6.03 Å². The second-order valence-electron chi connectivity index (χ2n) is 8.82. The first-order chi connectivity index (χ1) is 17.0. The summed E-state index contributed by atoms with van der Waals surface area (Å²) in [5.74, 6) is -0.458. The monoisotopic (exact) mass is 513 g/mol. The van der Waals surface area contributed by atoms with Crippen molar-refractivity contribution in [2.45, 2.75) is 51.2 Å². The van der Waals surface area contributed by atoms with Crippen molar-refractivity contribution < 1.29 is 14.0 Å². The van der Waals surface area contributed by atoms with Crippen LogP contribution in [0.4, 0.5) is 14.9 Å². The Labute approximate surface area is 214 Å². The molecule has 3 amide bonds. The molecule has 3 aromatic rings. The summed E-state index contributed by atoms with van der Waals surface area (Å²) in [5, 5.41) is 5.42. The maximum Gasteiger partial charge on any atom is 0.322 e. The highest BCUT2D eigenvalue weighted by Crippen LogP contribution is 2.25. The van der Waals surface area contributed by atoms with Gasteiger partial charge in [-0.1, -0.05) is 55.1 Å². The third-order valence-corrected chi connectivity index (χ3v) is 7.32. The quantitative estimate of drug-likeness (QED) is 0.355. The molecular weight excluding hydrogens is 485 g/mol. The number of halogens is 2. The first-order valence-corrected chi connectivity index (χ1v) is 13.1. The van der Waals surface area contributed by atoms with E-state index in [1.165, 1.54) is 12.1 Å². The van der Waals surface area contributed by atoms with E-state index in [1.54, 1.807) is 57.5 Å². The largest absolute Gasteiger partial charge is 0.332 e. The van der Waals surface area contributed by atoms with Crippen LogP contribution in [0.25, 0.3) is 0 Å². The van der Waals surface area contributed by atoms with Crippen LogP contribution in [-0.2, 0) is 17.9 Å². The Hall–Kier alpha value is -2.90. The minimum absolute atomic E-state index is 0.00120. The zero-order valence-corrected chi connectivity index (χ0v) is 21.0. The number of thiophene rings is 1. The van der Waals surface area contributed by atoms with Gasteiger partial charge in [0, 0.05) is 28.2 Å². The lowest BCUT2D eigenvalue weighted by molar-refractivity contribution is -0.133. The Morgan fingerprint density at radius 1 is 1.00 bits per heavy atom. The smallest absolute Gasteiger partial charge is 0.322 e. The number of hydrogen-bond donors (Lipinski definition) is 1. The maximum absolute atomic E-state index is 13.6. The Bertz CT molecular complexity index is 1120. The molecule has 0 radical (unpaired) electrons. The second kappa shape index (κ2) is 12.2. The second-order valence-corrected chi connectivity index (χ2v) is 10.3. The minimum atomic E-state index is -0.314. The van der Waals surface area contributed by atoms with Gasteiger partial charge in [-0.05, 0) is 60.2 Å². The van der Waals surface area contributed by atoms with Crippen molar-refractivity contribution in [3.63, 3.8) is 0 Å². The zero-order valence-electron chi connectivity index (χ0n) is 19.5. The number of carbonyl (C=O) groups excluding carboxylic acids is 2. The van der Waals surface area contributed by atoms with Crippen LogP contribution in [0.15, 0.2) is 66.0 Å². The van der Waals surface area contributed by atoms with Gasteiger partial charge in [0.15, 0.2) is 0 Å². The molecule has 0 aliphatic heterocycles. The van der Waals surface area contributed by atoms with Gasteiger partial charge in [-0.25, -0.2) is 9.18 Å². The lowest BCUT2D eigenvalue weighted by Gasteiger charge is -2.35. The van der Waals surface area contributed by atoms with E-state index in [0.29, 0.717) is 23.8 Å². The third kappa shape index (κ3) is 7.29. The maximum atomic E-state index is 13.6. The number of anilines is 1. The lowest BCUT2D eigenvalue weighted by atomic mass is 9.94. The average Bonchev–Trinajstić information content (AvgIpc) is 3.37. The summed E-state index contributed by atoms with van der Waals surface area (Å²) in [6.07, 6.45) is 4.96. The van der Waals surface area contributed by atoms with Crippen LogP contribution in [-0.4, -0.2) is 34.3 Å². The highest BCUT2D eigenvalue weighted by molar-refractivity contribution is 7.09. The molecule has 1 aromatic heterocycles. The Morgan fingerprint density at radius 3 is 2.46 bits per heavy atom. The first kappa shape index (κ1) is 25.2. The number of hydrogen-bond acceptors (Lipinski definition) is 3.